The number of carbonyl (C=O) groups excluding carboxylic acids is 2. The smallest absolute Gasteiger partial charge is 0.279 e. The predicted octanol–water partition coefficient (Wildman–Crippen LogP) is -0.733. The van der Waals surface area contributed by atoms with Gasteiger partial charge in [0.2, 0.25) is 0 Å². The maximum Gasteiger partial charge on any atom is 0.279 e. The molecule has 2 aliphatic heterocycles. The number of carbonyl (C=O) groups is 2. The van der Waals surface area contributed by atoms with Crippen molar-refractivity contribution in [1.29, 1.82) is 0 Å². The summed E-state index contributed by atoms with van der Waals surface area (Å²) in [6.45, 7) is 3.84. The molecular formula is C21H33ClN4O4+2. The number of benzene rings is 1. The number of nitrogens with two attached hydrogens (primary N) is 1. The first kappa shape index (κ1) is 22.7. The third kappa shape index (κ3) is 4.82. The number of hydrogen-bond acceptors (Lipinski definition) is 4. The van der Waals surface area contributed by atoms with Crippen molar-refractivity contribution in [2.24, 2.45) is 5.73 Å². The van der Waals surface area contributed by atoms with Crippen LogP contribution in [0.2, 0.25) is 5.02 Å². The molecule has 2 saturated heterocycles. The van der Waals surface area contributed by atoms with E-state index >= 15 is 0 Å². The molecule has 8 nitrogen and oxygen atoms in total. The zero-order valence-electron chi connectivity index (χ0n) is 17.8. The van der Waals surface area contributed by atoms with Crippen LogP contribution in [0.1, 0.15) is 32.1 Å². The van der Waals surface area contributed by atoms with Gasteiger partial charge in [0.05, 0.1) is 64.0 Å². The lowest BCUT2D eigenvalue weighted by molar-refractivity contribution is -0.972. The number of primary amides is 1. The molecule has 0 spiro atoms. The van der Waals surface area contributed by atoms with Crippen LogP contribution in [-0.4, -0.2) is 64.3 Å². The second-order valence-corrected chi connectivity index (χ2v) is 8.68. The molecular weight excluding hydrogens is 408 g/mol. The van der Waals surface area contributed by atoms with E-state index in [9.17, 15) is 9.59 Å². The molecule has 0 atom stereocenters. The second-order valence-electron chi connectivity index (χ2n) is 8.27. The fraction of sp³-hybridized carbons (Fsp3) is 0.619. The maximum atomic E-state index is 12.7. The molecule has 30 heavy (non-hydrogen) atoms. The molecule has 5 N–H and O–H groups in total. The summed E-state index contributed by atoms with van der Waals surface area (Å²) in [5, 5.41) is 3.31. The number of quaternary nitrogens is 2. The zero-order valence-corrected chi connectivity index (χ0v) is 18.6. The van der Waals surface area contributed by atoms with Gasteiger partial charge in [0.25, 0.3) is 11.8 Å². The van der Waals surface area contributed by atoms with Gasteiger partial charge in [-0.3, -0.25) is 9.59 Å². The number of methoxy groups -OCH3 is 2. The first-order valence-corrected chi connectivity index (χ1v) is 11.0. The summed E-state index contributed by atoms with van der Waals surface area (Å²) >= 11 is 6.13. The summed E-state index contributed by atoms with van der Waals surface area (Å²) in [7, 11) is 3.04. The van der Waals surface area contributed by atoms with E-state index in [0.29, 0.717) is 28.8 Å². The number of halogens is 1. The number of nitrogens with one attached hydrogen (secondary N) is 3. The van der Waals surface area contributed by atoms with Gasteiger partial charge in [-0.1, -0.05) is 11.6 Å². The molecule has 166 valence electrons. The molecule has 2 aliphatic rings. The minimum atomic E-state index is -0.479. The molecule has 0 radical (unpaired) electrons. The molecule has 0 unspecified atom stereocenters. The lowest BCUT2D eigenvalue weighted by Crippen LogP contribution is -3.26. The summed E-state index contributed by atoms with van der Waals surface area (Å²) < 4.78 is 10.6. The minimum absolute atomic E-state index is 0.121. The van der Waals surface area contributed by atoms with Crippen LogP contribution in [0.4, 0.5) is 5.69 Å². The highest BCUT2D eigenvalue weighted by Gasteiger charge is 2.50. The van der Waals surface area contributed by atoms with E-state index in [2.05, 4.69) is 5.32 Å². The van der Waals surface area contributed by atoms with Crippen LogP contribution in [0, 0.1) is 0 Å². The Labute approximate surface area is 182 Å². The van der Waals surface area contributed by atoms with Crippen LogP contribution in [0.15, 0.2) is 12.1 Å². The fourth-order valence-corrected chi connectivity index (χ4v) is 5.05. The quantitative estimate of drug-likeness (QED) is 0.449. The van der Waals surface area contributed by atoms with Gasteiger partial charge in [0.15, 0.2) is 12.1 Å². The molecule has 2 heterocycles. The van der Waals surface area contributed by atoms with E-state index in [0.717, 1.165) is 56.8 Å². The van der Waals surface area contributed by atoms with Crippen LogP contribution >= 0.6 is 11.6 Å². The van der Waals surface area contributed by atoms with E-state index in [1.54, 1.807) is 12.1 Å². The van der Waals surface area contributed by atoms with Crippen LogP contribution in [0.5, 0.6) is 11.5 Å². The first-order valence-electron chi connectivity index (χ1n) is 10.6. The molecule has 9 heteroatoms. The topological polar surface area (TPSA) is 99.5 Å². The number of ether oxygens (including phenoxy) is 2. The van der Waals surface area contributed by atoms with Crippen molar-refractivity contribution in [2.45, 2.75) is 37.6 Å². The Bertz CT molecular complexity index is 775. The van der Waals surface area contributed by atoms with E-state index in [4.69, 9.17) is 26.8 Å². The van der Waals surface area contributed by atoms with Crippen LogP contribution < -0.4 is 30.3 Å². The summed E-state index contributed by atoms with van der Waals surface area (Å²) in [6, 6.07) is 3.27. The Morgan fingerprint density at radius 1 is 1.07 bits per heavy atom. The molecule has 2 amide bonds. The highest BCUT2D eigenvalue weighted by molar-refractivity contribution is 6.32. The van der Waals surface area contributed by atoms with Crippen LogP contribution in [-0.2, 0) is 9.59 Å². The molecule has 1 aromatic carbocycles. The normalized spacial score (nSPS) is 24.8. The number of hydrogen-bond donors (Lipinski definition) is 4. The van der Waals surface area contributed by atoms with E-state index in [1.165, 1.54) is 25.5 Å². The summed E-state index contributed by atoms with van der Waals surface area (Å²) in [6.07, 6.45) is 4.97. The van der Waals surface area contributed by atoms with Crippen molar-refractivity contribution in [1.82, 2.24) is 0 Å². The number of likely N-dealkylation sites (tertiary alicyclic amines) is 2. The molecule has 1 aromatic rings. The number of piperidine rings is 2. The van der Waals surface area contributed by atoms with Gasteiger partial charge in [-0.2, -0.15) is 0 Å². The van der Waals surface area contributed by atoms with Crippen molar-refractivity contribution < 1.29 is 28.9 Å². The van der Waals surface area contributed by atoms with Crippen LogP contribution in [0.25, 0.3) is 0 Å². The monoisotopic (exact) mass is 440 g/mol. The summed E-state index contributed by atoms with van der Waals surface area (Å²) in [5.74, 6) is 0.628. The van der Waals surface area contributed by atoms with E-state index in [1.807, 2.05) is 0 Å². The summed E-state index contributed by atoms with van der Waals surface area (Å²) in [4.78, 5) is 27.5. The van der Waals surface area contributed by atoms with Crippen molar-refractivity contribution in [3.05, 3.63) is 17.2 Å². The molecule has 3 rings (SSSR count). The summed E-state index contributed by atoms with van der Waals surface area (Å²) in [5.41, 5.74) is 5.91. The van der Waals surface area contributed by atoms with Gasteiger partial charge in [-0.15, -0.1) is 0 Å². The fourth-order valence-electron chi connectivity index (χ4n) is 4.82. The van der Waals surface area contributed by atoms with Crippen molar-refractivity contribution >= 4 is 29.1 Å². The van der Waals surface area contributed by atoms with E-state index < -0.39 is 5.54 Å². The van der Waals surface area contributed by atoms with Gasteiger partial charge < -0.3 is 30.3 Å². The Kier molecular flexibility index (Phi) is 7.44. The molecule has 0 bridgehead atoms. The lowest BCUT2D eigenvalue weighted by Gasteiger charge is -2.43. The molecule has 2 fully saturated rings. The number of anilines is 1. The van der Waals surface area contributed by atoms with E-state index in [-0.39, 0.29) is 11.8 Å². The Balaban J connectivity index is 1.61. The molecule has 0 aromatic heterocycles. The van der Waals surface area contributed by atoms with Gasteiger partial charge in [-0.05, 0) is 19.3 Å². The largest absolute Gasteiger partial charge is 0.495 e. The third-order valence-electron chi connectivity index (χ3n) is 6.57. The maximum absolute atomic E-state index is 12.7. The van der Waals surface area contributed by atoms with Crippen molar-refractivity contribution in [2.75, 3.05) is 52.3 Å². The predicted molar refractivity (Wildman–Crippen MR) is 114 cm³/mol. The van der Waals surface area contributed by atoms with Crippen molar-refractivity contribution in [3.8, 4) is 11.5 Å². The van der Waals surface area contributed by atoms with Gasteiger partial charge in [0.1, 0.15) is 11.5 Å². The van der Waals surface area contributed by atoms with Gasteiger partial charge >= 0.3 is 0 Å². The third-order valence-corrected chi connectivity index (χ3v) is 6.87. The molecule has 0 aliphatic carbocycles. The van der Waals surface area contributed by atoms with Crippen molar-refractivity contribution in [3.63, 3.8) is 0 Å². The standard InChI is InChI=1S/C21H31ClN4O4/c1-29-17-13-16(18(30-2)12-15(17)22)24-19(27)14-25-10-6-21(7-11-25,20(23)28)26-8-4-3-5-9-26/h12-13H,3-11,14H2,1-2H3,(H2,23,28)(H,24,27)/p+2. The van der Waals surface area contributed by atoms with Crippen LogP contribution in [0.3, 0.4) is 0 Å². The lowest BCUT2D eigenvalue weighted by atomic mass is 9.83. The zero-order chi connectivity index (χ0) is 21.7. The average molecular weight is 441 g/mol. The number of rotatable bonds is 7. The van der Waals surface area contributed by atoms with Gasteiger partial charge in [0, 0.05) is 12.1 Å². The molecule has 0 saturated carbocycles. The Morgan fingerprint density at radius 2 is 1.70 bits per heavy atom. The average Bonchev–Trinajstić information content (AvgIpc) is 2.75. The highest BCUT2D eigenvalue weighted by atomic mass is 35.5. The first-order chi connectivity index (χ1) is 14.4. The minimum Gasteiger partial charge on any atom is -0.495 e. The SMILES string of the molecule is COc1cc(NC(=O)C[NH+]2CCC(C(N)=O)([NH+]3CCCCC3)CC2)c(OC)cc1Cl. The highest BCUT2D eigenvalue weighted by Crippen LogP contribution is 2.35. The number of amides is 2. The second kappa shape index (κ2) is 9.85. The Morgan fingerprint density at radius 3 is 2.27 bits per heavy atom. The Hall–Kier alpha value is -2.03. The van der Waals surface area contributed by atoms with Gasteiger partial charge in [-0.25, -0.2) is 0 Å².